The van der Waals surface area contributed by atoms with Gasteiger partial charge in [-0.3, -0.25) is 14.3 Å². The molecule has 17 heteroatoms. The van der Waals surface area contributed by atoms with Gasteiger partial charge >= 0.3 is 0 Å². The Bertz CT molecular complexity index is 2420. The van der Waals surface area contributed by atoms with Gasteiger partial charge < -0.3 is 50.0 Å². The molecule has 1 unspecified atom stereocenters. The van der Waals surface area contributed by atoms with Crippen LogP contribution in [0, 0.1) is 5.92 Å². The number of anilines is 2. The van der Waals surface area contributed by atoms with Gasteiger partial charge in [-0.25, -0.2) is 0 Å². The van der Waals surface area contributed by atoms with Gasteiger partial charge in [0, 0.05) is 34.4 Å². The highest BCUT2D eigenvalue weighted by atomic mass is 79.9. The fourth-order valence-electron chi connectivity index (χ4n) is 9.78. The number of aryl methyl sites for hydroxylation is 1. The van der Waals surface area contributed by atoms with Gasteiger partial charge in [-0.15, -0.1) is 5.10 Å². The number of carbonyl (C=O) groups is 2. The third-order valence-electron chi connectivity index (χ3n) is 13.1. The van der Waals surface area contributed by atoms with E-state index in [-0.39, 0.29) is 42.5 Å². The third-order valence-corrected chi connectivity index (χ3v) is 18.0. The fraction of sp³-hybridized carbons (Fsp3) is 0.391. The number of fused-ring (bicyclic) bond motifs is 2. The largest absolute Gasteiger partial charge is 0.497 e. The molecule has 4 aromatic carbocycles. The van der Waals surface area contributed by atoms with Crippen LogP contribution in [0.25, 0.3) is 0 Å². The van der Waals surface area contributed by atoms with Crippen molar-refractivity contribution in [3.05, 3.63) is 130 Å². The Morgan fingerprint density at radius 3 is 2.37 bits per heavy atom. The van der Waals surface area contributed by atoms with Gasteiger partial charge in [0.15, 0.2) is 18.0 Å². The molecule has 2 fully saturated rings. The van der Waals surface area contributed by atoms with E-state index in [9.17, 15) is 30.3 Å². The van der Waals surface area contributed by atoms with Crippen LogP contribution in [0.5, 0.6) is 5.75 Å². The van der Waals surface area contributed by atoms with E-state index in [1.165, 1.54) is 5.19 Å². The summed E-state index contributed by atoms with van der Waals surface area (Å²) >= 11 is 3.69. The predicted octanol–water partition coefficient (Wildman–Crippen LogP) is 3.76. The molecule has 0 radical (unpaired) electrons. The Kier molecular flexibility index (Phi) is 12.8. The molecule has 63 heavy (non-hydrogen) atoms. The third kappa shape index (κ3) is 8.26. The number of aromatic nitrogens is 3. The molecular weight excluding hydrogens is 891 g/mol. The topological polar surface area (TPSA) is 209 Å². The number of hydrogen-bond acceptors (Lipinski definition) is 12. The van der Waals surface area contributed by atoms with Crippen molar-refractivity contribution < 1.29 is 49.3 Å². The lowest BCUT2D eigenvalue weighted by atomic mass is 9.82. The second kappa shape index (κ2) is 18.0. The molecule has 5 aromatic rings. The molecular formula is C46H52BrN5O10Si. The smallest absolute Gasteiger partial charge is 0.264 e. The first-order chi connectivity index (χ1) is 30.2. The maximum absolute atomic E-state index is 15.3. The van der Waals surface area contributed by atoms with Gasteiger partial charge in [-0.05, 0) is 65.6 Å². The number of methoxy groups -OCH3 is 1. The first kappa shape index (κ1) is 44.8. The van der Waals surface area contributed by atoms with E-state index in [1.54, 1.807) is 41.0 Å². The highest BCUT2D eigenvalue weighted by molar-refractivity contribution is 9.10. The van der Waals surface area contributed by atoms with Crippen LogP contribution >= 0.6 is 15.9 Å². The van der Waals surface area contributed by atoms with Crippen LogP contribution in [0.15, 0.2) is 108 Å². The fourth-order valence-corrected chi connectivity index (χ4v) is 14.2. The second-order valence-electron chi connectivity index (χ2n) is 17.2. The Balaban J connectivity index is 1.07. The number of benzene rings is 4. The van der Waals surface area contributed by atoms with E-state index < -0.39 is 50.3 Å². The van der Waals surface area contributed by atoms with Gasteiger partial charge in [-0.1, -0.05) is 101 Å². The van der Waals surface area contributed by atoms with Crippen LogP contribution in [-0.4, -0.2) is 111 Å². The number of nitrogens with one attached hydrogen (secondary N) is 1. The van der Waals surface area contributed by atoms with Crippen molar-refractivity contribution in [1.82, 2.24) is 15.0 Å². The molecule has 10 atom stereocenters. The maximum atomic E-state index is 15.3. The Morgan fingerprint density at radius 1 is 0.968 bits per heavy atom. The molecule has 1 spiro atoms. The minimum Gasteiger partial charge on any atom is -0.497 e. The summed E-state index contributed by atoms with van der Waals surface area (Å²) in [6.45, 7) is 7.36. The standard InChI is InChI=1S/C46H52BrN5O10Si/c1-26-42(63(3,4)32-17-15-31(60-2)16-18-32)37(20-21-51-24-35(49-50-51)33(25-53)28-8-6-5-7-9-28)62-46(26)34-22-29(47)12-19-36(34)52(45(46)59)23-27-10-13-30(14-11-27)48-43(57)41-39(55)38(54)40(56)44(58)61-41/h5-19,22,24,26,33,37-42,44,53-56,58H,20-21,23,25H2,1-4H3,(H,48,57)/t26-,33?,37+,38+,39+,40-,41+,42-,44-,46+/m1/s1. The predicted molar refractivity (Wildman–Crippen MR) is 239 cm³/mol. The average molecular weight is 943 g/mol. The van der Waals surface area contributed by atoms with E-state index >= 15 is 4.79 Å². The number of halogens is 1. The quantitative estimate of drug-likeness (QED) is 0.0934. The Morgan fingerprint density at radius 2 is 1.68 bits per heavy atom. The number of aliphatic hydroxyl groups is 5. The first-order valence-electron chi connectivity index (χ1n) is 21.0. The molecule has 8 rings (SSSR count). The molecule has 2 saturated heterocycles. The molecule has 2 amide bonds. The van der Waals surface area contributed by atoms with Crippen molar-refractivity contribution in [2.75, 3.05) is 23.9 Å². The number of hydrogen-bond donors (Lipinski definition) is 6. The van der Waals surface area contributed by atoms with Crippen molar-refractivity contribution in [2.24, 2.45) is 5.92 Å². The van der Waals surface area contributed by atoms with Crippen LogP contribution < -0.4 is 20.1 Å². The summed E-state index contributed by atoms with van der Waals surface area (Å²) in [6, 6.07) is 30.6. The van der Waals surface area contributed by atoms with Gasteiger partial charge in [-0.2, -0.15) is 0 Å². The number of carbonyl (C=O) groups excluding carboxylic acids is 2. The SMILES string of the molecule is COc1ccc([Si](C)(C)[C@H]2[C@H](CCn3cc(C(CO)c4ccccc4)nn3)O[C@@]3(C(=O)N(Cc4ccc(NC(=O)[C@H]5O[C@@H](O)[C@H](O)[C@@H](O)[C@@H]5O)cc4)c4ccc(Br)cc43)[C@@H]2C)cc1. The highest BCUT2D eigenvalue weighted by Gasteiger charge is 2.66. The van der Waals surface area contributed by atoms with E-state index in [0.717, 1.165) is 32.6 Å². The molecule has 0 aliphatic carbocycles. The Hall–Kier alpha value is -4.82. The lowest BCUT2D eigenvalue weighted by Crippen LogP contribution is -2.60. The van der Waals surface area contributed by atoms with Gasteiger partial charge in [0.05, 0.1) is 51.7 Å². The summed E-state index contributed by atoms with van der Waals surface area (Å²) in [6.07, 6.45) is -6.72. The summed E-state index contributed by atoms with van der Waals surface area (Å²) in [4.78, 5) is 30.1. The normalized spacial score (nSPS) is 27.4. The molecule has 0 bridgehead atoms. The van der Waals surface area contributed by atoms with Crippen LogP contribution in [-0.2, 0) is 37.8 Å². The molecule has 1 aromatic heterocycles. The van der Waals surface area contributed by atoms with Crippen LogP contribution in [0.1, 0.15) is 41.6 Å². The van der Waals surface area contributed by atoms with Crippen LogP contribution in [0.3, 0.4) is 0 Å². The highest BCUT2D eigenvalue weighted by Crippen LogP contribution is 2.60. The number of nitrogens with zero attached hydrogens (tertiary/aromatic N) is 4. The molecule has 6 N–H and O–H groups in total. The molecule has 4 heterocycles. The summed E-state index contributed by atoms with van der Waals surface area (Å²) in [5, 5.41) is 63.2. The van der Waals surface area contributed by atoms with E-state index in [4.69, 9.17) is 14.2 Å². The lowest BCUT2D eigenvalue weighted by molar-refractivity contribution is -0.274. The second-order valence-corrected chi connectivity index (χ2v) is 22.8. The van der Waals surface area contributed by atoms with Gasteiger partial charge in [0.25, 0.3) is 11.8 Å². The molecule has 3 aliphatic rings. The van der Waals surface area contributed by atoms with E-state index in [0.29, 0.717) is 24.3 Å². The number of ether oxygens (including phenoxy) is 3. The minimum absolute atomic E-state index is 0.0285. The van der Waals surface area contributed by atoms with E-state index in [2.05, 4.69) is 63.7 Å². The summed E-state index contributed by atoms with van der Waals surface area (Å²) < 4.78 is 20.5. The zero-order valence-electron chi connectivity index (χ0n) is 35.3. The Labute approximate surface area is 374 Å². The zero-order chi connectivity index (χ0) is 44.8. The van der Waals surface area contributed by atoms with Crippen molar-refractivity contribution >= 4 is 52.4 Å². The first-order valence-corrected chi connectivity index (χ1v) is 24.8. The van der Waals surface area contributed by atoms with Gasteiger partial charge in [0.1, 0.15) is 24.1 Å². The van der Waals surface area contributed by atoms with Crippen molar-refractivity contribution in [1.29, 1.82) is 0 Å². The van der Waals surface area contributed by atoms with Crippen molar-refractivity contribution in [3.63, 3.8) is 0 Å². The van der Waals surface area contributed by atoms with Crippen molar-refractivity contribution in [3.8, 4) is 5.75 Å². The zero-order valence-corrected chi connectivity index (χ0v) is 37.9. The van der Waals surface area contributed by atoms with Gasteiger partial charge in [0.2, 0.25) is 0 Å². The molecule has 0 saturated carbocycles. The summed E-state index contributed by atoms with van der Waals surface area (Å²) in [5.41, 5.74) is 2.89. The monoisotopic (exact) mass is 941 g/mol. The van der Waals surface area contributed by atoms with Crippen LogP contribution in [0.2, 0.25) is 18.6 Å². The molecule has 332 valence electrons. The number of amides is 2. The minimum atomic E-state index is -2.45. The number of aliphatic hydroxyl groups excluding tert-OH is 5. The molecule has 15 nitrogen and oxygen atoms in total. The number of rotatable bonds is 13. The summed E-state index contributed by atoms with van der Waals surface area (Å²) in [7, 11) is -0.805. The van der Waals surface area contributed by atoms with Crippen molar-refractivity contribution in [2.45, 2.75) is 93.4 Å². The lowest BCUT2D eigenvalue weighted by Gasteiger charge is -2.37. The summed E-state index contributed by atoms with van der Waals surface area (Å²) in [5.74, 6) is -0.808. The molecule has 3 aliphatic heterocycles. The average Bonchev–Trinajstić information content (AvgIpc) is 3.94. The van der Waals surface area contributed by atoms with Crippen LogP contribution in [0.4, 0.5) is 11.4 Å². The van der Waals surface area contributed by atoms with E-state index in [1.807, 2.05) is 66.9 Å². The maximum Gasteiger partial charge on any atom is 0.264 e.